The first-order chi connectivity index (χ1) is 14.4. The highest BCUT2D eigenvalue weighted by atomic mass is 35.5. The van der Waals surface area contributed by atoms with Gasteiger partial charge in [-0.2, -0.15) is 0 Å². The fraction of sp³-hybridized carbons (Fsp3) is 0.333. The Bertz CT molecular complexity index is 1140. The number of hydrogen-bond acceptors (Lipinski definition) is 3. The van der Waals surface area contributed by atoms with Crippen LogP contribution in [0.3, 0.4) is 0 Å². The zero-order valence-corrected chi connectivity index (χ0v) is 17.6. The summed E-state index contributed by atoms with van der Waals surface area (Å²) in [4.78, 5) is 29.6. The first-order valence-electron chi connectivity index (χ1n) is 9.78. The van der Waals surface area contributed by atoms with Crippen molar-refractivity contribution in [2.45, 2.75) is 18.9 Å². The predicted molar refractivity (Wildman–Crippen MR) is 116 cm³/mol. The highest BCUT2D eigenvalue weighted by Gasteiger charge is 2.23. The second kappa shape index (κ2) is 8.79. The van der Waals surface area contributed by atoms with E-state index >= 15 is 0 Å². The van der Waals surface area contributed by atoms with Crippen molar-refractivity contribution < 1.29 is 9.18 Å². The molecule has 1 aromatic heterocycles. The highest BCUT2D eigenvalue weighted by Crippen LogP contribution is 2.25. The molecule has 2 aromatic carbocycles. The summed E-state index contributed by atoms with van der Waals surface area (Å²) in [6.07, 6.45) is 1.56. The topological polar surface area (TPSA) is 70.1 Å². The van der Waals surface area contributed by atoms with Crippen LogP contribution in [0.25, 0.3) is 11.0 Å². The molecule has 0 unspecified atom stereocenters. The Balaban J connectivity index is 1.31. The van der Waals surface area contributed by atoms with Crippen LogP contribution in [0.4, 0.5) is 4.39 Å². The molecule has 158 valence electrons. The van der Waals surface area contributed by atoms with Crippen LogP contribution in [-0.2, 0) is 0 Å². The lowest BCUT2D eigenvalue weighted by atomic mass is 10.0. The number of benzene rings is 2. The van der Waals surface area contributed by atoms with E-state index in [2.05, 4.69) is 15.2 Å². The minimum Gasteiger partial charge on any atom is -0.351 e. The van der Waals surface area contributed by atoms with Gasteiger partial charge >= 0.3 is 5.69 Å². The van der Waals surface area contributed by atoms with Gasteiger partial charge in [-0.15, -0.1) is 0 Å². The van der Waals surface area contributed by atoms with Gasteiger partial charge in [0.1, 0.15) is 5.82 Å². The number of carbonyl (C=O) groups excluding carboxylic acids is 1. The van der Waals surface area contributed by atoms with Crippen molar-refractivity contribution >= 4 is 40.1 Å². The molecule has 9 heteroatoms. The molecule has 30 heavy (non-hydrogen) atoms. The Kier molecular flexibility index (Phi) is 6.13. The summed E-state index contributed by atoms with van der Waals surface area (Å²) in [5.41, 5.74) is 1.51. The number of halogens is 3. The molecule has 4 rings (SSSR count). The molecule has 1 aliphatic heterocycles. The van der Waals surface area contributed by atoms with Crippen LogP contribution in [0.2, 0.25) is 10.0 Å². The molecule has 1 amide bonds. The second-order valence-electron chi connectivity index (χ2n) is 7.42. The van der Waals surface area contributed by atoms with Crippen LogP contribution in [0.1, 0.15) is 29.2 Å². The highest BCUT2D eigenvalue weighted by molar-refractivity contribution is 6.42. The van der Waals surface area contributed by atoms with Crippen molar-refractivity contribution in [2.24, 2.45) is 0 Å². The molecule has 0 saturated carbocycles. The number of amides is 1. The van der Waals surface area contributed by atoms with E-state index in [4.69, 9.17) is 23.2 Å². The third kappa shape index (κ3) is 4.38. The number of hydrogen-bond donors (Lipinski definition) is 2. The van der Waals surface area contributed by atoms with Crippen LogP contribution in [-0.4, -0.2) is 46.5 Å². The summed E-state index contributed by atoms with van der Waals surface area (Å²) in [5, 5.41) is 3.64. The number of aromatic nitrogens is 2. The number of fused-ring (bicyclic) bond motifs is 1. The molecule has 6 nitrogen and oxygen atoms in total. The lowest BCUT2D eigenvalue weighted by Crippen LogP contribution is -2.41. The maximum Gasteiger partial charge on any atom is 0.326 e. The van der Waals surface area contributed by atoms with Crippen LogP contribution in [0.15, 0.2) is 41.2 Å². The summed E-state index contributed by atoms with van der Waals surface area (Å²) in [6, 6.07) is 9.14. The van der Waals surface area contributed by atoms with Crippen molar-refractivity contribution in [1.29, 1.82) is 0 Å². The van der Waals surface area contributed by atoms with Crippen molar-refractivity contribution in [3.05, 3.63) is 68.3 Å². The van der Waals surface area contributed by atoms with E-state index in [1.165, 1.54) is 12.1 Å². The largest absolute Gasteiger partial charge is 0.351 e. The number of imidazole rings is 1. The van der Waals surface area contributed by atoms with Crippen LogP contribution >= 0.6 is 23.2 Å². The molecule has 0 atom stereocenters. The monoisotopic (exact) mass is 450 g/mol. The summed E-state index contributed by atoms with van der Waals surface area (Å²) < 4.78 is 15.3. The zero-order valence-electron chi connectivity index (χ0n) is 16.1. The number of likely N-dealkylation sites (tertiary alicyclic amines) is 1. The van der Waals surface area contributed by atoms with Crippen molar-refractivity contribution in [3.8, 4) is 0 Å². The number of aromatic amines is 1. The van der Waals surface area contributed by atoms with E-state index in [9.17, 15) is 14.0 Å². The van der Waals surface area contributed by atoms with Gasteiger partial charge in [0, 0.05) is 37.8 Å². The number of nitrogens with zero attached hydrogens (tertiary/aromatic N) is 2. The lowest BCUT2D eigenvalue weighted by molar-refractivity contribution is 0.0944. The Labute approximate surface area is 182 Å². The van der Waals surface area contributed by atoms with Crippen LogP contribution in [0, 0.1) is 5.82 Å². The van der Waals surface area contributed by atoms with E-state index in [1.807, 2.05) is 0 Å². The number of piperidine rings is 1. The van der Waals surface area contributed by atoms with Gasteiger partial charge in [0.2, 0.25) is 0 Å². The molecular formula is C21H21Cl2FN4O2. The maximum absolute atomic E-state index is 13.6. The number of carbonyl (C=O) groups is 1. The number of nitrogens with one attached hydrogen (secondary N) is 2. The molecule has 2 heterocycles. The average Bonchev–Trinajstić information content (AvgIpc) is 3.05. The summed E-state index contributed by atoms with van der Waals surface area (Å²) in [5.74, 6) is -0.554. The van der Waals surface area contributed by atoms with E-state index in [0.29, 0.717) is 39.7 Å². The third-order valence-electron chi connectivity index (χ3n) is 5.50. The van der Waals surface area contributed by atoms with Crippen molar-refractivity contribution in [2.75, 3.05) is 26.2 Å². The SMILES string of the molecule is O=C(NCCN1CCC(n2c(=O)[nH]c3ccc(F)cc32)CC1)c1ccc(Cl)c(Cl)c1. The fourth-order valence-corrected chi connectivity index (χ4v) is 4.22. The quantitative estimate of drug-likeness (QED) is 0.620. The minimum atomic E-state index is -0.356. The normalized spacial score (nSPS) is 15.6. The Morgan fingerprint density at radius 3 is 2.63 bits per heavy atom. The lowest BCUT2D eigenvalue weighted by Gasteiger charge is -2.32. The molecule has 0 spiro atoms. The third-order valence-corrected chi connectivity index (χ3v) is 6.24. The van der Waals surface area contributed by atoms with E-state index < -0.39 is 0 Å². The fourth-order valence-electron chi connectivity index (χ4n) is 3.93. The first kappa shape index (κ1) is 20.9. The molecular weight excluding hydrogens is 430 g/mol. The first-order valence-corrected chi connectivity index (χ1v) is 10.5. The number of H-pyrrole nitrogens is 1. The smallest absolute Gasteiger partial charge is 0.326 e. The molecule has 0 bridgehead atoms. The molecule has 1 aliphatic rings. The molecule has 0 radical (unpaired) electrons. The maximum atomic E-state index is 13.6. The van der Waals surface area contributed by atoms with Gasteiger partial charge in [-0.3, -0.25) is 9.36 Å². The molecule has 1 saturated heterocycles. The van der Waals surface area contributed by atoms with Crippen molar-refractivity contribution in [1.82, 2.24) is 19.8 Å². The molecule has 1 fully saturated rings. The van der Waals surface area contributed by atoms with Gasteiger partial charge in [-0.1, -0.05) is 23.2 Å². The standard InChI is InChI=1S/C21H21Cl2FN4O2/c22-16-3-1-13(11-17(16)23)20(29)25-7-10-27-8-5-15(6-9-27)28-19-12-14(24)2-4-18(19)26-21(28)30/h1-4,11-12,15H,5-10H2,(H,25,29)(H,26,30). The summed E-state index contributed by atoms with van der Waals surface area (Å²) in [6.45, 7) is 2.79. The molecule has 3 aromatic rings. The van der Waals surface area contributed by atoms with Crippen LogP contribution < -0.4 is 11.0 Å². The average molecular weight is 451 g/mol. The molecule has 2 N–H and O–H groups in total. The van der Waals surface area contributed by atoms with E-state index in [1.54, 1.807) is 28.8 Å². The molecule has 0 aliphatic carbocycles. The van der Waals surface area contributed by atoms with Gasteiger partial charge < -0.3 is 15.2 Å². The van der Waals surface area contributed by atoms with Gasteiger partial charge in [-0.25, -0.2) is 9.18 Å². The Morgan fingerprint density at radius 1 is 1.13 bits per heavy atom. The second-order valence-corrected chi connectivity index (χ2v) is 8.23. The van der Waals surface area contributed by atoms with Crippen LogP contribution in [0.5, 0.6) is 0 Å². The number of rotatable bonds is 5. The van der Waals surface area contributed by atoms with Gasteiger partial charge in [0.05, 0.1) is 21.1 Å². The predicted octanol–water partition coefficient (Wildman–Crippen LogP) is 3.84. The minimum absolute atomic E-state index is 0.0232. The van der Waals surface area contributed by atoms with E-state index in [-0.39, 0.29) is 23.5 Å². The van der Waals surface area contributed by atoms with E-state index in [0.717, 1.165) is 25.9 Å². The Morgan fingerprint density at radius 2 is 1.90 bits per heavy atom. The van der Waals surface area contributed by atoms with Gasteiger partial charge in [0.25, 0.3) is 5.91 Å². The summed E-state index contributed by atoms with van der Waals surface area (Å²) >= 11 is 11.8. The van der Waals surface area contributed by atoms with Gasteiger partial charge in [-0.05, 0) is 49.2 Å². The van der Waals surface area contributed by atoms with Crippen molar-refractivity contribution in [3.63, 3.8) is 0 Å². The summed E-state index contributed by atoms with van der Waals surface area (Å²) in [7, 11) is 0. The van der Waals surface area contributed by atoms with Gasteiger partial charge in [0.15, 0.2) is 0 Å². The Hall–Kier alpha value is -2.35. The zero-order chi connectivity index (χ0) is 21.3.